The van der Waals surface area contributed by atoms with E-state index in [4.69, 9.17) is 0 Å². The van der Waals surface area contributed by atoms with E-state index >= 15 is 0 Å². The van der Waals surface area contributed by atoms with Crippen molar-refractivity contribution in [1.29, 1.82) is 0 Å². The van der Waals surface area contributed by atoms with E-state index in [-0.39, 0.29) is 5.91 Å². The van der Waals surface area contributed by atoms with Crippen molar-refractivity contribution in [2.75, 3.05) is 18.4 Å². The van der Waals surface area contributed by atoms with Gasteiger partial charge in [-0.15, -0.1) is 0 Å². The Kier molecular flexibility index (Phi) is 5.65. The summed E-state index contributed by atoms with van der Waals surface area (Å²) in [7, 11) is 1.85. The SMILES string of the molecule is Cn1nc(C2CCNCC2)nc1NC(=O)CCCC1CCCC1. The number of nitrogens with zero attached hydrogens (tertiary/aromatic N) is 3. The third-order valence-corrected chi connectivity index (χ3v) is 5.23. The standard InChI is InChI=1S/C17H29N5O/c1-22-17(20-16(21-22)14-9-11-18-12-10-14)19-15(23)8-4-7-13-5-2-3-6-13/h13-14,18H,2-12H2,1H3,(H,19,20,21,23). The first-order valence-corrected chi connectivity index (χ1v) is 9.14. The molecule has 2 aliphatic rings. The third kappa shape index (κ3) is 4.53. The number of anilines is 1. The van der Waals surface area contributed by atoms with Crippen LogP contribution in [0, 0.1) is 5.92 Å². The molecule has 1 saturated heterocycles. The van der Waals surface area contributed by atoms with Crippen LogP contribution in [0.5, 0.6) is 0 Å². The smallest absolute Gasteiger partial charge is 0.227 e. The summed E-state index contributed by atoms with van der Waals surface area (Å²) in [6, 6.07) is 0. The van der Waals surface area contributed by atoms with Gasteiger partial charge in [0.2, 0.25) is 11.9 Å². The van der Waals surface area contributed by atoms with Crippen molar-refractivity contribution in [3.8, 4) is 0 Å². The first kappa shape index (κ1) is 16.4. The fourth-order valence-corrected chi connectivity index (χ4v) is 3.80. The minimum Gasteiger partial charge on any atom is -0.317 e. The van der Waals surface area contributed by atoms with Crippen molar-refractivity contribution in [2.24, 2.45) is 13.0 Å². The van der Waals surface area contributed by atoms with E-state index in [0.29, 0.717) is 18.3 Å². The van der Waals surface area contributed by atoms with E-state index in [1.807, 2.05) is 7.05 Å². The molecule has 0 unspecified atom stereocenters. The second-order valence-electron chi connectivity index (χ2n) is 7.03. The topological polar surface area (TPSA) is 71.8 Å². The summed E-state index contributed by atoms with van der Waals surface area (Å²) in [5.74, 6) is 2.79. The summed E-state index contributed by atoms with van der Waals surface area (Å²) in [5.41, 5.74) is 0. The van der Waals surface area contributed by atoms with E-state index in [1.54, 1.807) is 4.68 Å². The first-order valence-electron chi connectivity index (χ1n) is 9.14. The molecule has 3 rings (SSSR count). The number of hydrogen-bond donors (Lipinski definition) is 2. The van der Waals surface area contributed by atoms with Crippen LogP contribution >= 0.6 is 0 Å². The fourth-order valence-electron chi connectivity index (χ4n) is 3.80. The van der Waals surface area contributed by atoms with E-state index in [2.05, 4.69) is 20.7 Å². The van der Waals surface area contributed by atoms with Crippen molar-refractivity contribution in [3.05, 3.63) is 5.82 Å². The highest BCUT2D eigenvalue weighted by atomic mass is 16.1. The van der Waals surface area contributed by atoms with Crippen LogP contribution in [0.3, 0.4) is 0 Å². The van der Waals surface area contributed by atoms with Gasteiger partial charge in [0.05, 0.1) is 0 Å². The molecule has 6 nitrogen and oxygen atoms in total. The van der Waals surface area contributed by atoms with Crippen LogP contribution in [0.2, 0.25) is 0 Å². The Morgan fingerprint density at radius 2 is 2.00 bits per heavy atom. The lowest BCUT2D eigenvalue weighted by Gasteiger charge is -2.19. The summed E-state index contributed by atoms with van der Waals surface area (Å²) in [6.07, 6.45) is 10.3. The summed E-state index contributed by atoms with van der Waals surface area (Å²) in [5, 5.41) is 10.8. The summed E-state index contributed by atoms with van der Waals surface area (Å²) < 4.78 is 1.70. The molecule has 1 aliphatic carbocycles. The molecule has 0 atom stereocenters. The van der Waals surface area contributed by atoms with Gasteiger partial charge in [-0.05, 0) is 44.7 Å². The first-order chi connectivity index (χ1) is 11.2. The number of aromatic nitrogens is 3. The largest absolute Gasteiger partial charge is 0.317 e. The molecule has 1 amide bonds. The Balaban J connectivity index is 1.46. The van der Waals surface area contributed by atoms with Gasteiger partial charge in [-0.1, -0.05) is 25.7 Å². The minimum atomic E-state index is 0.0651. The zero-order valence-corrected chi connectivity index (χ0v) is 14.2. The molecule has 0 radical (unpaired) electrons. The number of amides is 1. The average molecular weight is 319 g/mol. The van der Waals surface area contributed by atoms with Gasteiger partial charge in [0, 0.05) is 19.4 Å². The maximum Gasteiger partial charge on any atom is 0.227 e. The normalized spacial score (nSPS) is 20.0. The third-order valence-electron chi connectivity index (χ3n) is 5.23. The molecule has 2 fully saturated rings. The number of carbonyl (C=O) groups is 1. The van der Waals surface area contributed by atoms with E-state index in [0.717, 1.165) is 44.1 Å². The average Bonchev–Trinajstić information content (AvgIpc) is 3.19. The van der Waals surface area contributed by atoms with Crippen molar-refractivity contribution in [2.45, 2.75) is 63.7 Å². The molecule has 1 aromatic rings. The molecule has 0 bridgehead atoms. The van der Waals surface area contributed by atoms with Gasteiger partial charge >= 0.3 is 0 Å². The van der Waals surface area contributed by atoms with Gasteiger partial charge in [-0.3, -0.25) is 10.1 Å². The molecule has 23 heavy (non-hydrogen) atoms. The van der Waals surface area contributed by atoms with Crippen molar-refractivity contribution in [1.82, 2.24) is 20.1 Å². The van der Waals surface area contributed by atoms with Crippen LogP contribution < -0.4 is 10.6 Å². The van der Waals surface area contributed by atoms with E-state index in [9.17, 15) is 4.79 Å². The second kappa shape index (κ2) is 7.90. The quantitative estimate of drug-likeness (QED) is 0.845. The van der Waals surface area contributed by atoms with Gasteiger partial charge in [0.15, 0.2) is 5.82 Å². The lowest BCUT2D eigenvalue weighted by Crippen LogP contribution is -2.27. The molecule has 0 aromatic carbocycles. The van der Waals surface area contributed by atoms with Gasteiger partial charge in [0.1, 0.15) is 0 Å². The molecule has 1 saturated carbocycles. The summed E-state index contributed by atoms with van der Waals surface area (Å²) in [4.78, 5) is 16.7. The molecule has 2 N–H and O–H groups in total. The molecular formula is C17H29N5O. The molecule has 0 spiro atoms. The van der Waals surface area contributed by atoms with E-state index in [1.165, 1.54) is 32.1 Å². The Labute approximate surface area is 138 Å². The Morgan fingerprint density at radius 3 is 2.74 bits per heavy atom. The van der Waals surface area contributed by atoms with Crippen molar-refractivity contribution >= 4 is 11.9 Å². The van der Waals surface area contributed by atoms with Crippen LogP contribution in [0.15, 0.2) is 0 Å². The number of rotatable bonds is 6. The van der Waals surface area contributed by atoms with Crippen LogP contribution in [-0.2, 0) is 11.8 Å². The zero-order valence-electron chi connectivity index (χ0n) is 14.2. The monoisotopic (exact) mass is 319 g/mol. The highest BCUT2D eigenvalue weighted by Crippen LogP contribution is 2.29. The van der Waals surface area contributed by atoms with Crippen LogP contribution in [0.25, 0.3) is 0 Å². The number of aryl methyl sites for hydroxylation is 1. The number of carbonyl (C=O) groups excluding carboxylic acids is 1. The van der Waals surface area contributed by atoms with Crippen molar-refractivity contribution in [3.63, 3.8) is 0 Å². The molecule has 1 aromatic heterocycles. The van der Waals surface area contributed by atoms with Gasteiger partial charge in [-0.2, -0.15) is 10.1 Å². The van der Waals surface area contributed by atoms with Gasteiger partial charge in [0.25, 0.3) is 0 Å². The fraction of sp³-hybridized carbons (Fsp3) is 0.824. The van der Waals surface area contributed by atoms with E-state index < -0.39 is 0 Å². The Morgan fingerprint density at radius 1 is 1.26 bits per heavy atom. The number of piperidine rings is 1. The van der Waals surface area contributed by atoms with Crippen molar-refractivity contribution < 1.29 is 4.79 Å². The van der Waals surface area contributed by atoms with Gasteiger partial charge < -0.3 is 5.32 Å². The predicted octanol–water partition coefficient (Wildman–Crippen LogP) is 2.58. The number of hydrogen-bond acceptors (Lipinski definition) is 4. The molecule has 128 valence electrons. The Bertz CT molecular complexity index is 515. The predicted molar refractivity (Wildman–Crippen MR) is 90.3 cm³/mol. The van der Waals surface area contributed by atoms with Crippen LogP contribution in [-0.4, -0.2) is 33.8 Å². The second-order valence-corrected chi connectivity index (χ2v) is 7.03. The lowest BCUT2D eigenvalue weighted by atomic mass is 9.98. The maximum absolute atomic E-state index is 12.1. The maximum atomic E-state index is 12.1. The zero-order chi connectivity index (χ0) is 16.1. The molecule has 1 aliphatic heterocycles. The van der Waals surface area contributed by atoms with Crippen LogP contribution in [0.1, 0.15) is 69.5 Å². The summed E-state index contributed by atoms with van der Waals surface area (Å²) >= 11 is 0. The van der Waals surface area contributed by atoms with Crippen LogP contribution in [0.4, 0.5) is 5.95 Å². The Hall–Kier alpha value is -1.43. The highest BCUT2D eigenvalue weighted by Gasteiger charge is 2.21. The molecular weight excluding hydrogens is 290 g/mol. The number of nitrogens with one attached hydrogen (secondary N) is 2. The lowest BCUT2D eigenvalue weighted by molar-refractivity contribution is -0.116. The van der Waals surface area contributed by atoms with Gasteiger partial charge in [-0.25, -0.2) is 4.68 Å². The highest BCUT2D eigenvalue weighted by molar-refractivity contribution is 5.88. The molecule has 6 heteroatoms. The minimum absolute atomic E-state index is 0.0651. The molecule has 2 heterocycles. The summed E-state index contributed by atoms with van der Waals surface area (Å²) in [6.45, 7) is 2.04.